The standard InChI is InChI=1S/C26H31NO7/c1-8-27-23(17-9-10-19(31-5)20(12-17)32-6)16(3)22-18(11-15(2)26(28)29)13-21(33-7)25(24(22)27)34-14-30-4/h9-13H,8,14H2,1-7H3,(H,28,29)/b15-11+. The lowest BCUT2D eigenvalue weighted by Crippen LogP contribution is -2.05. The molecule has 0 atom stereocenters. The van der Waals surface area contributed by atoms with Crippen LogP contribution in [-0.2, 0) is 16.1 Å². The summed E-state index contributed by atoms with van der Waals surface area (Å²) >= 11 is 0. The highest BCUT2D eigenvalue weighted by Crippen LogP contribution is 2.46. The van der Waals surface area contributed by atoms with Crippen molar-refractivity contribution in [1.82, 2.24) is 4.57 Å². The van der Waals surface area contributed by atoms with E-state index in [-0.39, 0.29) is 12.4 Å². The molecule has 3 rings (SSSR count). The van der Waals surface area contributed by atoms with Crippen molar-refractivity contribution in [3.8, 4) is 34.3 Å². The Morgan fingerprint density at radius 2 is 1.71 bits per heavy atom. The maximum absolute atomic E-state index is 11.6. The lowest BCUT2D eigenvalue weighted by atomic mass is 10.00. The summed E-state index contributed by atoms with van der Waals surface area (Å²) in [4.78, 5) is 11.6. The molecule has 0 saturated carbocycles. The van der Waals surface area contributed by atoms with Crippen molar-refractivity contribution in [2.75, 3.05) is 35.2 Å². The van der Waals surface area contributed by atoms with Gasteiger partial charge in [0, 0.05) is 30.2 Å². The van der Waals surface area contributed by atoms with Crippen LogP contribution in [0.3, 0.4) is 0 Å². The van der Waals surface area contributed by atoms with Crippen molar-refractivity contribution < 1.29 is 33.6 Å². The van der Waals surface area contributed by atoms with Gasteiger partial charge < -0.3 is 33.4 Å². The minimum absolute atomic E-state index is 0.0361. The number of carboxylic acid groups (broad SMARTS) is 1. The Kier molecular flexibility index (Phi) is 7.73. The number of carbonyl (C=O) groups is 1. The monoisotopic (exact) mass is 469 g/mol. The van der Waals surface area contributed by atoms with Crippen molar-refractivity contribution in [1.29, 1.82) is 0 Å². The third-order valence-electron chi connectivity index (χ3n) is 5.74. The normalized spacial score (nSPS) is 11.6. The molecular formula is C26H31NO7. The average molecular weight is 470 g/mol. The van der Waals surface area contributed by atoms with Gasteiger partial charge in [0.2, 0.25) is 0 Å². The Balaban J connectivity index is 2.48. The highest BCUT2D eigenvalue weighted by Gasteiger charge is 2.25. The van der Waals surface area contributed by atoms with Gasteiger partial charge in [-0.1, -0.05) is 0 Å². The molecule has 182 valence electrons. The molecule has 1 aromatic heterocycles. The molecule has 0 aliphatic carbocycles. The van der Waals surface area contributed by atoms with Crippen LogP contribution in [0.2, 0.25) is 0 Å². The molecule has 0 spiro atoms. The predicted octanol–water partition coefficient (Wildman–Crippen LogP) is 5.13. The van der Waals surface area contributed by atoms with E-state index >= 15 is 0 Å². The van der Waals surface area contributed by atoms with Gasteiger partial charge in [-0.15, -0.1) is 0 Å². The highest BCUT2D eigenvalue weighted by atomic mass is 16.7. The zero-order valence-electron chi connectivity index (χ0n) is 20.6. The van der Waals surface area contributed by atoms with E-state index in [1.807, 2.05) is 32.0 Å². The molecule has 34 heavy (non-hydrogen) atoms. The van der Waals surface area contributed by atoms with Crippen molar-refractivity contribution in [2.45, 2.75) is 27.3 Å². The van der Waals surface area contributed by atoms with E-state index in [0.29, 0.717) is 29.5 Å². The van der Waals surface area contributed by atoms with E-state index in [9.17, 15) is 9.90 Å². The first-order valence-electron chi connectivity index (χ1n) is 10.8. The Morgan fingerprint density at radius 3 is 2.26 bits per heavy atom. The van der Waals surface area contributed by atoms with Crippen molar-refractivity contribution >= 4 is 22.9 Å². The van der Waals surface area contributed by atoms with Gasteiger partial charge in [0.15, 0.2) is 29.8 Å². The third kappa shape index (κ3) is 4.41. The lowest BCUT2D eigenvalue weighted by Gasteiger charge is -2.16. The summed E-state index contributed by atoms with van der Waals surface area (Å²) < 4.78 is 29.9. The second-order valence-electron chi connectivity index (χ2n) is 7.69. The Morgan fingerprint density at radius 1 is 1.03 bits per heavy atom. The summed E-state index contributed by atoms with van der Waals surface area (Å²) in [6.07, 6.45) is 1.65. The predicted molar refractivity (Wildman–Crippen MR) is 131 cm³/mol. The molecule has 3 aromatic rings. The Bertz CT molecular complexity index is 1240. The molecule has 1 heterocycles. The van der Waals surface area contributed by atoms with E-state index < -0.39 is 5.97 Å². The van der Waals surface area contributed by atoms with Crippen LogP contribution >= 0.6 is 0 Å². The van der Waals surface area contributed by atoms with Crippen LogP contribution in [0.4, 0.5) is 0 Å². The van der Waals surface area contributed by atoms with Crippen molar-refractivity contribution in [2.24, 2.45) is 0 Å². The van der Waals surface area contributed by atoms with Crippen LogP contribution in [-0.4, -0.2) is 50.9 Å². The lowest BCUT2D eigenvalue weighted by molar-refractivity contribution is -0.132. The second-order valence-corrected chi connectivity index (χ2v) is 7.69. The van der Waals surface area contributed by atoms with Crippen molar-refractivity contribution in [3.63, 3.8) is 0 Å². The molecule has 8 nitrogen and oxygen atoms in total. The molecule has 0 aliphatic heterocycles. The van der Waals surface area contributed by atoms with Gasteiger partial charge in [-0.25, -0.2) is 4.79 Å². The number of rotatable bonds is 10. The number of methoxy groups -OCH3 is 4. The fourth-order valence-corrected chi connectivity index (χ4v) is 4.22. The molecule has 0 amide bonds. The number of fused-ring (bicyclic) bond motifs is 1. The molecule has 0 aliphatic rings. The van der Waals surface area contributed by atoms with Gasteiger partial charge in [0.1, 0.15) is 0 Å². The number of aryl methyl sites for hydroxylation is 2. The summed E-state index contributed by atoms with van der Waals surface area (Å²) in [5.41, 5.74) is 4.59. The van der Waals surface area contributed by atoms with E-state index in [1.165, 1.54) is 0 Å². The van der Waals surface area contributed by atoms with Gasteiger partial charge in [-0.3, -0.25) is 0 Å². The average Bonchev–Trinajstić information content (AvgIpc) is 3.14. The molecule has 0 saturated heterocycles. The number of carboxylic acids is 1. The number of hydrogen-bond donors (Lipinski definition) is 1. The molecule has 8 heteroatoms. The number of nitrogens with zero attached hydrogens (tertiary/aromatic N) is 1. The first-order chi connectivity index (χ1) is 16.3. The van der Waals surface area contributed by atoms with E-state index in [4.69, 9.17) is 23.7 Å². The minimum Gasteiger partial charge on any atom is -0.493 e. The molecule has 0 radical (unpaired) electrons. The SMILES string of the molecule is CCn1c(-c2ccc(OC)c(OC)c2)c(C)c2c(/C=C(\C)C(=O)O)cc(OC)c(OCOC)c21. The molecule has 0 fully saturated rings. The zero-order chi connectivity index (χ0) is 25.0. The van der Waals surface area contributed by atoms with Gasteiger partial charge in [-0.2, -0.15) is 0 Å². The van der Waals surface area contributed by atoms with Gasteiger partial charge >= 0.3 is 5.97 Å². The van der Waals surface area contributed by atoms with Crippen LogP contribution in [0, 0.1) is 6.92 Å². The van der Waals surface area contributed by atoms with Crippen molar-refractivity contribution in [3.05, 3.63) is 41.0 Å². The molecule has 0 unspecified atom stereocenters. The quantitative estimate of drug-likeness (QED) is 0.325. The second kappa shape index (κ2) is 10.5. The maximum Gasteiger partial charge on any atom is 0.331 e. The summed E-state index contributed by atoms with van der Waals surface area (Å²) in [7, 11) is 6.31. The Hall–Kier alpha value is -3.65. The highest BCUT2D eigenvalue weighted by molar-refractivity contribution is 6.04. The largest absolute Gasteiger partial charge is 0.493 e. The summed E-state index contributed by atoms with van der Waals surface area (Å²) in [6.45, 7) is 6.29. The van der Waals surface area contributed by atoms with E-state index in [1.54, 1.807) is 47.5 Å². The molecule has 1 N–H and O–H groups in total. The smallest absolute Gasteiger partial charge is 0.331 e. The number of hydrogen-bond acceptors (Lipinski definition) is 6. The third-order valence-corrected chi connectivity index (χ3v) is 5.74. The molecule has 2 aromatic carbocycles. The Labute approximate surface area is 199 Å². The van der Waals surface area contributed by atoms with Crippen LogP contribution < -0.4 is 18.9 Å². The van der Waals surface area contributed by atoms with Crippen LogP contribution in [0.5, 0.6) is 23.0 Å². The van der Waals surface area contributed by atoms with Crippen LogP contribution in [0.25, 0.3) is 28.2 Å². The summed E-state index contributed by atoms with van der Waals surface area (Å²) in [5.74, 6) is 1.28. The number of benzene rings is 2. The first kappa shape index (κ1) is 25.0. The zero-order valence-corrected chi connectivity index (χ0v) is 20.6. The topological polar surface area (TPSA) is 88.4 Å². The first-order valence-corrected chi connectivity index (χ1v) is 10.8. The summed E-state index contributed by atoms with van der Waals surface area (Å²) in [6, 6.07) is 7.56. The summed E-state index contributed by atoms with van der Waals surface area (Å²) in [5, 5.41) is 10.4. The van der Waals surface area contributed by atoms with E-state index in [0.717, 1.165) is 33.3 Å². The molecule has 0 bridgehead atoms. The number of ether oxygens (including phenoxy) is 5. The van der Waals surface area contributed by atoms with E-state index in [2.05, 4.69) is 4.57 Å². The van der Waals surface area contributed by atoms with Gasteiger partial charge in [0.05, 0.1) is 32.5 Å². The van der Waals surface area contributed by atoms with Crippen LogP contribution in [0.1, 0.15) is 25.0 Å². The van der Waals surface area contributed by atoms with Gasteiger partial charge in [0.25, 0.3) is 0 Å². The number of aliphatic carboxylic acids is 1. The fourth-order valence-electron chi connectivity index (χ4n) is 4.22. The number of aromatic nitrogens is 1. The minimum atomic E-state index is -0.987. The molecular weight excluding hydrogens is 438 g/mol. The fraction of sp³-hybridized carbons (Fsp3) is 0.346. The maximum atomic E-state index is 11.6. The van der Waals surface area contributed by atoms with Gasteiger partial charge in [-0.05, 0) is 62.2 Å². The van der Waals surface area contributed by atoms with Crippen LogP contribution in [0.15, 0.2) is 29.8 Å².